The Morgan fingerprint density at radius 1 is 1.26 bits per heavy atom. The summed E-state index contributed by atoms with van der Waals surface area (Å²) < 4.78 is 5.29. The molecule has 1 aromatic carbocycles. The Kier molecular flexibility index (Phi) is 4.85. The number of benzene rings is 1. The minimum atomic E-state index is 0.586. The molecule has 0 aliphatic rings. The van der Waals surface area contributed by atoms with E-state index in [2.05, 4.69) is 29.3 Å². The molecule has 0 unspecified atom stereocenters. The second kappa shape index (κ2) is 6.61. The molecule has 0 bridgehead atoms. The summed E-state index contributed by atoms with van der Waals surface area (Å²) >= 11 is 1.83. The Bertz CT molecular complexity index is 508. The molecule has 0 amide bonds. The van der Waals surface area contributed by atoms with Gasteiger partial charge in [0.05, 0.1) is 5.75 Å². The molecule has 0 saturated heterocycles. The van der Waals surface area contributed by atoms with Crippen LogP contribution in [0.2, 0.25) is 0 Å². The number of anilines is 1. The van der Waals surface area contributed by atoms with Crippen molar-refractivity contribution in [3.8, 4) is 11.5 Å². The summed E-state index contributed by atoms with van der Waals surface area (Å²) in [7, 11) is 1.89. The molecule has 1 heterocycles. The minimum absolute atomic E-state index is 0.586. The van der Waals surface area contributed by atoms with Gasteiger partial charge in [-0.15, -0.1) is 0 Å². The number of thioether (sulfide) groups is 1. The molecule has 0 spiro atoms. The molecule has 2 aromatic rings. The zero-order valence-corrected chi connectivity index (χ0v) is 12.3. The topological polar surface area (TPSA) is 51.0 Å². The Balaban J connectivity index is 1.99. The first-order valence-corrected chi connectivity index (χ1v) is 7.53. The molecule has 102 valence electrons. The minimum Gasteiger partial charge on any atom is -0.388 e. The smallest absolute Gasteiger partial charge is 0.257 e. The molecule has 1 N–H and O–H groups in total. The summed E-state index contributed by atoms with van der Waals surface area (Å²) in [5, 5.41) is 7.09. The molecule has 4 nitrogen and oxygen atoms in total. The van der Waals surface area contributed by atoms with Gasteiger partial charge in [-0.1, -0.05) is 19.0 Å². The molecule has 1 aromatic heterocycles. The van der Waals surface area contributed by atoms with Gasteiger partial charge >= 0.3 is 0 Å². The zero-order chi connectivity index (χ0) is 13.7. The summed E-state index contributed by atoms with van der Waals surface area (Å²) in [4.78, 5) is 4.41. The van der Waals surface area contributed by atoms with Crippen LogP contribution < -0.4 is 5.32 Å². The Morgan fingerprint density at radius 3 is 2.63 bits per heavy atom. The lowest BCUT2D eigenvalue weighted by Crippen LogP contribution is -1.92. The largest absolute Gasteiger partial charge is 0.388 e. The average Bonchev–Trinajstić information content (AvgIpc) is 2.87. The Morgan fingerprint density at radius 2 is 2.00 bits per heavy atom. The molecular weight excluding hydrogens is 258 g/mol. The molecular formula is C14H19N3OS. The molecule has 0 atom stereocenters. The first-order valence-electron chi connectivity index (χ1n) is 6.37. The highest BCUT2D eigenvalue weighted by atomic mass is 32.2. The molecule has 5 heteroatoms. The second-order valence-corrected chi connectivity index (χ2v) is 5.78. The van der Waals surface area contributed by atoms with Crippen molar-refractivity contribution in [1.29, 1.82) is 0 Å². The second-order valence-electron chi connectivity index (χ2n) is 4.75. The van der Waals surface area contributed by atoms with Gasteiger partial charge in [-0.25, -0.2) is 0 Å². The van der Waals surface area contributed by atoms with Crippen molar-refractivity contribution in [3.63, 3.8) is 0 Å². The molecule has 0 saturated carbocycles. The van der Waals surface area contributed by atoms with Crippen LogP contribution in [0.5, 0.6) is 0 Å². The maximum atomic E-state index is 5.29. The van der Waals surface area contributed by atoms with Gasteiger partial charge in [0.15, 0.2) is 5.82 Å². The van der Waals surface area contributed by atoms with Gasteiger partial charge in [0.2, 0.25) is 0 Å². The van der Waals surface area contributed by atoms with Crippen LogP contribution in [0, 0.1) is 5.92 Å². The summed E-state index contributed by atoms with van der Waals surface area (Å²) in [5.41, 5.74) is 2.02. The Hall–Kier alpha value is -1.49. The standard InChI is InChI=1S/C14H19N3OS/c1-10(2)8-19-9-13-16-14(18-17-13)11-4-6-12(15-3)7-5-11/h4-7,10,15H,8-9H2,1-3H3. The van der Waals surface area contributed by atoms with Crippen molar-refractivity contribution in [1.82, 2.24) is 10.1 Å². The van der Waals surface area contributed by atoms with E-state index in [-0.39, 0.29) is 0 Å². The fourth-order valence-electron chi connectivity index (χ4n) is 1.60. The van der Waals surface area contributed by atoms with E-state index in [0.717, 1.165) is 28.6 Å². The van der Waals surface area contributed by atoms with E-state index in [0.29, 0.717) is 11.8 Å². The lowest BCUT2D eigenvalue weighted by molar-refractivity contribution is 0.425. The fourth-order valence-corrected chi connectivity index (χ4v) is 2.48. The van der Waals surface area contributed by atoms with Gasteiger partial charge in [0.25, 0.3) is 5.89 Å². The highest BCUT2D eigenvalue weighted by Crippen LogP contribution is 2.21. The summed E-state index contributed by atoms with van der Waals surface area (Å²) in [6.45, 7) is 4.41. The maximum Gasteiger partial charge on any atom is 0.257 e. The van der Waals surface area contributed by atoms with E-state index < -0.39 is 0 Å². The van der Waals surface area contributed by atoms with E-state index in [9.17, 15) is 0 Å². The Labute approximate surface area is 118 Å². The average molecular weight is 277 g/mol. The van der Waals surface area contributed by atoms with Crippen LogP contribution in [0.25, 0.3) is 11.5 Å². The molecule has 0 aliphatic carbocycles. The van der Waals surface area contributed by atoms with Crippen LogP contribution in [-0.2, 0) is 5.75 Å². The third-order valence-electron chi connectivity index (χ3n) is 2.57. The highest BCUT2D eigenvalue weighted by Gasteiger charge is 2.08. The van der Waals surface area contributed by atoms with Gasteiger partial charge < -0.3 is 9.84 Å². The van der Waals surface area contributed by atoms with Gasteiger partial charge in [0.1, 0.15) is 0 Å². The van der Waals surface area contributed by atoms with E-state index in [1.54, 1.807) is 0 Å². The number of hydrogen-bond donors (Lipinski definition) is 1. The predicted molar refractivity (Wildman–Crippen MR) is 80.3 cm³/mol. The molecule has 2 rings (SSSR count). The highest BCUT2D eigenvalue weighted by molar-refractivity contribution is 7.98. The molecule has 0 fully saturated rings. The van der Waals surface area contributed by atoms with E-state index >= 15 is 0 Å². The number of nitrogens with one attached hydrogen (secondary N) is 1. The first kappa shape index (κ1) is 13.9. The predicted octanol–water partition coefficient (Wildman–Crippen LogP) is 3.67. The van der Waals surface area contributed by atoms with Gasteiger partial charge in [-0.3, -0.25) is 0 Å². The maximum absolute atomic E-state index is 5.29. The van der Waals surface area contributed by atoms with Gasteiger partial charge in [0, 0.05) is 18.3 Å². The van der Waals surface area contributed by atoms with Crippen molar-refractivity contribution in [2.75, 3.05) is 18.1 Å². The lowest BCUT2D eigenvalue weighted by atomic mass is 10.2. The number of hydrogen-bond acceptors (Lipinski definition) is 5. The van der Waals surface area contributed by atoms with Crippen LogP contribution in [0.1, 0.15) is 19.7 Å². The monoisotopic (exact) mass is 277 g/mol. The molecule has 0 aliphatic heterocycles. The quantitative estimate of drug-likeness (QED) is 0.873. The summed E-state index contributed by atoms with van der Waals surface area (Å²) in [6.07, 6.45) is 0. The number of nitrogens with zero attached hydrogens (tertiary/aromatic N) is 2. The van der Waals surface area contributed by atoms with Crippen molar-refractivity contribution in [2.24, 2.45) is 5.92 Å². The first-order chi connectivity index (χ1) is 9.19. The number of aromatic nitrogens is 2. The van der Waals surface area contributed by atoms with Gasteiger partial charge in [-0.05, 0) is 35.9 Å². The SMILES string of the molecule is CNc1ccc(-c2nc(CSCC(C)C)no2)cc1. The summed E-state index contributed by atoms with van der Waals surface area (Å²) in [6, 6.07) is 7.94. The summed E-state index contributed by atoms with van der Waals surface area (Å²) in [5.74, 6) is 3.95. The molecule has 0 radical (unpaired) electrons. The third kappa shape index (κ3) is 3.99. The molecule has 19 heavy (non-hydrogen) atoms. The third-order valence-corrected chi connectivity index (χ3v) is 3.94. The van der Waals surface area contributed by atoms with Crippen LogP contribution >= 0.6 is 11.8 Å². The van der Waals surface area contributed by atoms with E-state index in [4.69, 9.17) is 4.52 Å². The van der Waals surface area contributed by atoms with Crippen LogP contribution in [0.15, 0.2) is 28.8 Å². The van der Waals surface area contributed by atoms with Crippen molar-refractivity contribution < 1.29 is 4.52 Å². The van der Waals surface area contributed by atoms with Crippen molar-refractivity contribution in [3.05, 3.63) is 30.1 Å². The van der Waals surface area contributed by atoms with E-state index in [1.165, 1.54) is 0 Å². The van der Waals surface area contributed by atoms with Crippen LogP contribution in [-0.4, -0.2) is 22.9 Å². The van der Waals surface area contributed by atoms with Gasteiger partial charge in [-0.2, -0.15) is 16.7 Å². The zero-order valence-electron chi connectivity index (χ0n) is 11.5. The van der Waals surface area contributed by atoms with E-state index in [1.807, 2.05) is 43.1 Å². The fraction of sp³-hybridized carbons (Fsp3) is 0.429. The normalized spacial score (nSPS) is 10.9. The van der Waals surface area contributed by atoms with Crippen molar-refractivity contribution in [2.45, 2.75) is 19.6 Å². The van der Waals surface area contributed by atoms with Crippen LogP contribution in [0.3, 0.4) is 0 Å². The van der Waals surface area contributed by atoms with Crippen molar-refractivity contribution >= 4 is 17.4 Å². The lowest BCUT2D eigenvalue weighted by Gasteiger charge is -2.00. The number of rotatable bonds is 6. The van der Waals surface area contributed by atoms with Crippen LogP contribution in [0.4, 0.5) is 5.69 Å².